The minimum absolute atomic E-state index is 0.0572. The second-order valence-electron chi connectivity index (χ2n) is 8.34. The van der Waals surface area contributed by atoms with Crippen molar-refractivity contribution in [2.24, 2.45) is 0 Å². The first kappa shape index (κ1) is 27.1. The lowest BCUT2D eigenvalue weighted by Gasteiger charge is -2.16. The zero-order chi connectivity index (χ0) is 26.5. The molecule has 0 saturated carbocycles. The number of hydrogen-bond acceptors (Lipinski definition) is 7. The summed E-state index contributed by atoms with van der Waals surface area (Å²) in [6.45, 7) is -0.114. The van der Waals surface area contributed by atoms with Crippen molar-refractivity contribution in [1.82, 2.24) is 0 Å². The van der Waals surface area contributed by atoms with Crippen LogP contribution in [-0.4, -0.2) is 29.3 Å². The second-order valence-corrected chi connectivity index (χ2v) is 12.7. The fourth-order valence-corrected chi connectivity index (χ4v) is 5.62. The summed E-state index contributed by atoms with van der Waals surface area (Å²) >= 11 is 1.58. The molecule has 0 unspecified atom stereocenters. The Morgan fingerprint density at radius 3 is 1.22 bits per heavy atom. The minimum atomic E-state index is -3.59. The molecule has 0 spiro atoms. The molecule has 0 saturated heterocycles. The van der Waals surface area contributed by atoms with Gasteiger partial charge in [0, 0.05) is 9.79 Å². The summed E-state index contributed by atoms with van der Waals surface area (Å²) < 4.78 is 56.5. The third-order valence-corrected chi connectivity index (χ3v) is 7.71. The zero-order valence-corrected chi connectivity index (χ0v) is 22.8. The molecule has 6 nitrogen and oxygen atoms in total. The highest BCUT2D eigenvalue weighted by molar-refractivity contribution is 7.99. The van der Waals surface area contributed by atoms with Crippen LogP contribution < -0.4 is 0 Å². The van der Waals surface area contributed by atoms with E-state index >= 15 is 0 Å². The highest BCUT2D eigenvalue weighted by Gasteiger charge is 2.16. The van der Waals surface area contributed by atoms with E-state index in [1.54, 1.807) is 11.8 Å². The van der Waals surface area contributed by atoms with Crippen molar-refractivity contribution in [2.75, 3.05) is 12.5 Å². The van der Waals surface area contributed by atoms with Crippen molar-refractivity contribution >= 4 is 32.0 Å². The van der Waals surface area contributed by atoms with Crippen LogP contribution in [0.3, 0.4) is 0 Å². The molecule has 37 heavy (non-hydrogen) atoms. The summed E-state index contributed by atoms with van der Waals surface area (Å²) in [4.78, 5) is 1.96. The molecule has 9 heteroatoms. The van der Waals surface area contributed by atoms with Gasteiger partial charge in [0.2, 0.25) is 0 Å². The summed E-state index contributed by atoms with van der Waals surface area (Å²) in [6.07, 6.45) is 2.07. The highest BCUT2D eigenvalue weighted by atomic mass is 32.2. The first-order valence-electron chi connectivity index (χ1n) is 11.3. The first-order chi connectivity index (χ1) is 17.6. The minimum Gasteiger partial charge on any atom is -0.265 e. The Morgan fingerprint density at radius 1 is 0.514 bits per heavy atom. The van der Waals surface area contributed by atoms with Crippen LogP contribution in [0.1, 0.15) is 11.1 Å². The van der Waals surface area contributed by atoms with Gasteiger partial charge in [0.25, 0.3) is 20.2 Å². The Balaban J connectivity index is 1.73. The lowest BCUT2D eigenvalue weighted by atomic mass is 10.00. The smallest absolute Gasteiger partial charge is 0.264 e. The topological polar surface area (TPSA) is 86.7 Å². The fraction of sp³-hybridized carbons (Fsp3) is 0.143. The van der Waals surface area contributed by atoms with E-state index in [0.717, 1.165) is 55.7 Å². The fourth-order valence-electron chi connectivity index (χ4n) is 3.83. The summed E-state index contributed by atoms with van der Waals surface area (Å²) in [5, 5.41) is 0. The predicted molar refractivity (Wildman–Crippen MR) is 147 cm³/mol. The molecule has 0 bridgehead atoms. The van der Waals surface area contributed by atoms with Gasteiger partial charge in [0.1, 0.15) is 0 Å². The predicted octanol–water partition coefficient (Wildman–Crippen LogP) is 6.12. The van der Waals surface area contributed by atoms with Gasteiger partial charge in [0.05, 0.1) is 25.7 Å². The van der Waals surface area contributed by atoms with E-state index in [9.17, 15) is 16.8 Å². The van der Waals surface area contributed by atoms with Gasteiger partial charge in [-0.15, -0.1) is 0 Å². The van der Waals surface area contributed by atoms with Crippen LogP contribution in [0.4, 0.5) is 0 Å². The number of hydrogen-bond donors (Lipinski definition) is 0. The lowest BCUT2D eigenvalue weighted by Crippen LogP contribution is -2.04. The van der Waals surface area contributed by atoms with Gasteiger partial charge >= 0.3 is 0 Å². The Hall–Kier alpha value is -2.95. The van der Waals surface area contributed by atoms with Crippen molar-refractivity contribution in [3.63, 3.8) is 0 Å². The van der Waals surface area contributed by atoms with Gasteiger partial charge in [-0.25, -0.2) is 0 Å². The molecule has 0 aliphatic heterocycles. The van der Waals surface area contributed by atoms with Gasteiger partial charge in [-0.1, -0.05) is 96.7 Å². The van der Waals surface area contributed by atoms with Gasteiger partial charge in [-0.05, 0) is 45.5 Å². The molecular formula is C28H26O6S3. The summed E-state index contributed by atoms with van der Waals surface area (Å²) in [5.41, 5.74) is 5.19. The lowest BCUT2D eigenvalue weighted by molar-refractivity contribution is 0.311. The Kier molecular flexibility index (Phi) is 8.51. The van der Waals surface area contributed by atoms with E-state index in [1.807, 2.05) is 97.1 Å². The van der Waals surface area contributed by atoms with Gasteiger partial charge in [-0.3, -0.25) is 8.37 Å². The van der Waals surface area contributed by atoms with Crippen LogP contribution >= 0.6 is 11.8 Å². The summed E-state index contributed by atoms with van der Waals surface area (Å²) in [5.74, 6) is 0. The maximum atomic E-state index is 11.6. The monoisotopic (exact) mass is 554 g/mol. The van der Waals surface area contributed by atoms with Crippen LogP contribution in [0.25, 0.3) is 22.3 Å². The maximum Gasteiger partial charge on any atom is 0.264 e. The van der Waals surface area contributed by atoms with E-state index in [-0.39, 0.29) is 13.2 Å². The van der Waals surface area contributed by atoms with E-state index in [4.69, 9.17) is 8.37 Å². The van der Waals surface area contributed by atoms with Crippen molar-refractivity contribution in [3.05, 3.63) is 108 Å². The van der Waals surface area contributed by atoms with Crippen LogP contribution in [0.5, 0.6) is 0 Å². The number of rotatable bonds is 10. The molecule has 0 aliphatic rings. The van der Waals surface area contributed by atoms with E-state index in [1.165, 1.54) is 0 Å². The van der Waals surface area contributed by atoms with E-state index in [0.29, 0.717) is 0 Å². The molecular weight excluding hydrogens is 529 g/mol. The van der Waals surface area contributed by atoms with Crippen LogP contribution in [0, 0.1) is 0 Å². The molecule has 0 fully saturated rings. The molecule has 0 radical (unpaired) electrons. The Bertz CT molecular complexity index is 1490. The third kappa shape index (κ3) is 7.53. The standard InChI is InChI=1S/C28H26O6S3/c1-36(29,30)33-19-21-11-3-5-13-23(21)25-15-7-9-17-27(25)35-28-18-10-8-16-26(28)24-14-6-4-12-22(24)20-34-37(2,31)32/h3-18H,19-20H2,1-2H3. The second kappa shape index (κ2) is 11.6. The summed E-state index contributed by atoms with van der Waals surface area (Å²) in [7, 11) is -7.17. The van der Waals surface area contributed by atoms with Crippen molar-refractivity contribution in [1.29, 1.82) is 0 Å². The van der Waals surface area contributed by atoms with Crippen LogP contribution in [-0.2, 0) is 41.8 Å². The Labute approximate surface area is 222 Å². The van der Waals surface area contributed by atoms with Crippen LogP contribution in [0.15, 0.2) is 107 Å². The summed E-state index contributed by atoms with van der Waals surface area (Å²) in [6, 6.07) is 31.0. The Morgan fingerprint density at radius 2 is 0.838 bits per heavy atom. The SMILES string of the molecule is CS(=O)(=O)OCc1ccccc1-c1ccccc1Sc1ccccc1-c1ccccc1COS(C)(=O)=O. The van der Waals surface area contributed by atoms with Crippen molar-refractivity contribution in [3.8, 4) is 22.3 Å². The van der Waals surface area contributed by atoms with E-state index < -0.39 is 20.2 Å². The van der Waals surface area contributed by atoms with Crippen molar-refractivity contribution < 1.29 is 25.2 Å². The van der Waals surface area contributed by atoms with E-state index in [2.05, 4.69) is 0 Å². The molecule has 0 N–H and O–H groups in total. The molecule has 0 atom stereocenters. The molecule has 4 rings (SSSR count). The molecule has 192 valence electrons. The van der Waals surface area contributed by atoms with Gasteiger partial charge in [-0.2, -0.15) is 16.8 Å². The zero-order valence-electron chi connectivity index (χ0n) is 20.3. The average molecular weight is 555 g/mol. The molecule has 4 aromatic rings. The maximum absolute atomic E-state index is 11.6. The molecule has 0 aliphatic carbocycles. The normalized spacial score (nSPS) is 11.9. The number of benzene rings is 4. The average Bonchev–Trinajstić information content (AvgIpc) is 2.86. The molecule has 0 aromatic heterocycles. The highest BCUT2D eigenvalue weighted by Crippen LogP contribution is 2.42. The van der Waals surface area contributed by atoms with Gasteiger partial charge in [0.15, 0.2) is 0 Å². The van der Waals surface area contributed by atoms with Crippen LogP contribution in [0.2, 0.25) is 0 Å². The first-order valence-corrected chi connectivity index (χ1v) is 15.8. The quantitative estimate of drug-likeness (QED) is 0.218. The van der Waals surface area contributed by atoms with Crippen molar-refractivity contribution in [2.45, 2.75) is 23.0 Å². The molecule has 0 amide bonds. The third-order valence-electron chi connectivity index (χ3n) is 5.47. The molecule has 0 heterocycles. The van der Waals surface area contributed by atoms with Gasteiger partial charge < -0.3 is 0 Å². The largest absolute Gasteiger partial charge is 0.265 e. The molecule has 4 aromatic carbocycles.